The minimum absolute atomic E-state index is 0.0324. The van der Waals surface area contributed by atoms with Crippen molar-refractivity contribution in [3.8, 4) is 5.75 Å². The number of methoxy groups -OCH3 is 1. The van der Waals surface area contributed by atoms with Crippen LogP contribution in [0.2, 0.25) is 0 Å². The van der Waals surface area contributed by atoms with Crippen molar-refractivity contribution in [1.82, 2.24) is 0 Å². The summed E-state index contributed by atoms with van der Waals surface area (Å²) in [5, 5.41) is 0. The summed E-state index contributed by atoms with van der Waals surface area (Å²) in [5.74, 6) is -0.710. The number of nitrogens with zero attached hydrogens (tertiary/aromatic N) is 1. The highest BCUT2D eigenvalue weighted by Gasteiger charge is 2.27. The summed E-state index contributed by atoms with van der Waals surface area (Å²) in [6, 6.07) is 10.7. The van der Waals surface area contributed by atoms with Crippen LogP contribution in [0.15, 0.2) is 53.4 Å². The van der Waals surface area contributed by atoms with Crippen LogP contribution in [0.5, 0.6) is 5.75 Å². The Morgan fingerprint density at radius 3 is 2.15 bits per heavy atom. The molecule has 0 fully saturated rings. The van der Waals surface area contributed by atoms with Crippen molar-refractivity contribution in [3.05, 3.63) is 54.3 Å². The molecule has 0 aliphatic carbocycles. The lowest BCUT2D eigenvalue weighted by molar-refractivity contribution is -0.138. The molecule has 0 saturated heterocycles. The lowest BCUT2D eigenvalue weighted by atomic mass is 10.3. The number of carbonyl (C=O) groups is 1. The minimum Gasteiger partial charge on any atom is -0.491 e. The molecule has 2 aromatic rings. The van der Waals surface area contributed by atoms with Crippen molar-refractivity contribution in [2.45, 2.75) is 24.8 Å². The first-order valence-electron chi connectivity index (χ1n) is 7.86. The fourth-order valence-corrected chi connectivity index (χ4v) is 3.60. The van der Waals surface area contributed by atoms with Crippen molar-refractivity contribution in [3.63, 3.8) is 0 Å². The molecule has 0 spiro atoms. The van der Waals surface area contributed by atoms with Crippen LogP contribution in [0, 0.1) is 5.82 Å². The molecular formula is C18H20FNO5S. The molecule has 2 rings (SSSR count). The summed E-state index contributed by atoms with van der Waals surface area (Å²) in [4.78, 5) is 11.6. The van der Waals surface area contributed by atoms with Crippen LogP contribution in [0.25, 0.3) is 0 Å². The summed E-state index contributed by atoms with van der Waals surface area (Å²) < 4.78 is 50.0. The molecule has 8 heteroatoms. The normalized spacial score (nSPS) is 11.3. The van der Waals surface area contributed by atoms with Crippen molar-refractivity contribution < 1.29 is 27.1 Å². The maximum absolute atomic E-state index is 13.1. The van der Waals surface area contributed by atoms with Gasteiger partial charge in [0.15, 0.2) is 0 Å². The highest BCUT2D eigenvalue weighted by Crippen LogP contribution is 2.26. The summed E-state index contributed by atoms with van der Waals surface area (Å²) in [6.07, 6.45) is -0.0324. The minimum atomic E-state index is -4.09. The van der Waals surface area contributed by atoms with Crippen LogP contribution in [0.1, 0.15) is 13.8 Å². The van der Waals surface area contributed by atoms with E-state index >= 15 is 0 Å². The predicted octanol–water partition coefficient (Wildman–Crippen LogP) is 2.98. The fourth-order valence-electron chi connectivity index (χ4n) is 2.19. The molecule has 0 radical (unpaired) electrons. The lowest BCUT2D eigenvalue weighted by Crippen LogP contribution is -2.36. The molecule has 0 saturated carbocycles. The largest absolute Gasteiger partial charge is 0.491 e. The van der Waals surface area contributed by atoms with Crippen LogP contribution in [0.4, 0.5) is 10.1 Å². The smallest absolute Gasteiger partial charge is 0.326 e. The Balaban J connectivity index is 2.42. The highest BCUT2D eigenvalue weighted by atomic mass is 32.2. The van der Waals surface area contributed by atoms with Gasteiger partial charge in [-0.3, -0.25) is 9.10 Å². The number of carbonyl (C=O) groups excluding carboxylic acids is 1. The van der Waals surface area contributed by atoms with E-state index < -0.39 is 28.4 Å². The van der Waals surface area contributed by atoms with Gasteiger partial charge < -0.3 is 9.47 Å². The summed E-state index contributed by atoms with van der Waals surface area (Å²) in [7, 11) is -2.92. The SMILES string of the molecule is COC(=O)CN(c1ccc(OC(C)C)cc1)S(=O)(=O)c1ccc(F)cc1. The average molecular weight is 381 g/mol. The third kappa shape index (κ3) is 4.72. The Labute approximate surface area is 152 Å². The van der Waals surface area contributed by atoms with Crippen molar-refractivity contribution in [2.24, 2.45) is 0 Å². The molecule has 0 bridgehead atoms. The Kier molecular flexibility index (Phi) is 6.20. The van der Waals surface area contributed by atoms with E-state index in [1.54, 1.807) is 12.1 Å². The molecule has 0 aromatic heterocycles. The Morgan fingerprint density at radius 2 is 1.65 bits per heavy atom. The molecule has 0 atom stereocenters. The van der Waals surface area contributed by atoms with E-state index in [0.29, 0.717) is 5.75 Å². The van der Waals surface area contributed by atoms with Crippen LogP contribution in [-0.2, 0) is 19.6 Å². The second-order valence-corrected chi connectivity index (χ2v) is 7.56. The monoisotopic (exact) mass is 381 g/mol. The molecule has 0 aliphatic rings. The van der Waals surface area contributed by atoms with Gasteiger partial charge in [-0.2, -0.15) is 0 Å². The quantitative estimate of drug-likeness (QED) is 0.690. The molecule has 0 N–H and O–H groups in total. The maximum atomic E-state index is 13.1. The summed E-state index contributed by atoms with van der Waals surface area (Å²) >= 11 is 0. The number of esters is 1. The molecule has 0 amide bonds. The zero-order valence-electron chi connectivity index (χ0n) is 14.7. The van der Waals surface area contributed by atoms with Crippen LogP contribution in [-0.4, -0.2) is 34.1 Å². The van der Waals surface area contributed by atoms with Crippen LogP contribution < -0.4 is 9.04 Å². The van der Waals surface area contributed by atoms with Gasteiger partial charge in [-0.05, 0) is 62.4 Å². The van der Waals surface area contributed by atoms with Gasteiger partial charge in [-0.25, -0.2) is 12.8 Å². The maximum Gasteiger partial charge on any atom is 0.326 e. The van der Waals surface area contributed by atoms with Gasteiger partial charge in [-0.1, -0.05) is 0 Å². The van der Waals surface area contributed by atoms with Crippen molar-refractivity contribution in [2.75, 3.05) is 18.0 Å². The van der Waals surface area contributed by atoms with E-state index in [4.69, 9.17) is 4.74 Å². The first-order valence-corrected chi connectivity index (χ1v) is 9.30. The van der Waals surface area contributed by atoms with Crippen LogP contribution >= 0.6 is 0 Å². The predicted molar refractivity (Wildman–Crippen MR) is 95.2 cm³/mol. The van der Waals surface area contributed by atoms with Gasteiger partial charge in [0.05, 0.1) is 23.8 Å². The van der Waals surface area contributed by atoms with Gasteiger partial charge in [-0.15, -0.1) is 0 Å². The second kappa shape index (κ2) is 8.18. The zero-order valence-corrected chi connectivity index (χ0v) is 15.5. The number of sulfonamides is 1. The summed E-state index contributed by atoms with van der Waals surface area (Å²) in [5.41, 5.74) is 0.260. The van der Waals surface area contributed by atoms with Gasteiger partial charge in [0.2, 0.25) is 0 Å². The molecule has 140 valence electrons. The third-order valence-electron chi connectivity index (χ3n) is 3.40. The number of rotatable bonds is 7. The topological polar surface area (TPSA) is 72.9 Å². The Morgan fingerprint density at radius 1 is 1.08 bits per heavy atom. The van der Waals surface area contributed by atoms with Gasteiger partial charge in [0.1, 0.15) is 18.1 Å². The number of hydrogen-bond donors (Lipinski definition) is 0. The summed E-state index contributed by atoms with van der Waals surface area (Å²) in [6.45, 7) is 3.23. The lowest BCUT2D eigenvalue weighted by Gasteiger charge is -2.23. The first kappa shape index (κ1) is 19.7. The molecule has 2 aromatic carbocycles. The van der Waals surface area contributed by atoms with Gasteiger partial charge in [0.25, 0.3) is 10.0 Å². The molecule has 6 nitrogen and oxygen atoms in total. The first-order chi connectivity index (χ1) is 12.2. The van der Waals surface area contributed by atoms with Crippen molar-refractivity contribution >= 4 is 21.7 Å². The molecule has 0 unspecified atom stereocenters. The molecule has 26 heavy (non-hydrogen) atoms. The standard InChI is InChI=1S/C18H20FNO5S/c1-13(2)25-16-8-6-15(7-9-16)20(12-18(21)24-3)26(22,23)17-10-4-14(19)5-11-17/h4-11,13H,12H2,1-3H3. The van der Waals surface area contributed by atoms with E-state index in [0.717, 1.165) is 28.6 Å². The van der Waals surface area contributed by atoms with Crippen molar-refractivity contribution in [1.29, 1.82) is 0 Å². The van der Waals surface area contributed by atoms with E-state index in [9.17, 15) is 17.6 Å². The number of hydrogen-bond acceptors (Lipinski definition) is 5. The number of ether oxygens (including phenoxy) is 2. The fraction of sp³-hybridized carbons (Fsp3) is 0.278. The average Bonchev–Trinajstić information content (AvgIpc) is 2.60. The number of anilines is 1. The second-order valence-electron chi connectivity index (χ2n) is 5.70. The van der Waals surface area contributed by atoms with E-state index in [1.807, 2.05) is 13.8 Å². The molecular weight excluding hydrogens is 361 g/mol. The zero-order chi connectivity index (χ0) is 19.3. The van der Waals surface area contributed by atoms with E-state index in [-0.39, 0.29) is 16.7 Å². The number of benzene rings is 2. The van der Waals surface area contributed by atoms with Gasteiger partial charge >= 0.3 is 5.97 Å². The Bertz CT molecular complexity index is 848. The number of halogens is 1. The molecule has 0 heterocycles. The Hall–Kier alpha value is -2.61. The van der Waals surface area contributed by atoms with E-state index in [1.165, 1.54) is 19.2 Å². The molecule has 0 aliphatic heterocycles. The third-order valence-corrected chi connectivity index (χ3v) is 5.19. The van der Waals surface area contributed by atoms with Crippen LogP contribution in [0.3, 0.4) is 0 Å². The van der Waals surface area contributed by atoms with E-state index in [2.05, 4.69) is 4.74 Å². The highest BCUT2D eigenvalue weighted by molar-refractivity contribution is 7.92. The van der Waals surface area contributed by atoms with Gasteiger partial charge in [0, 0.05) is 0 Å².